The van der Waals surface area contributed by atoms with Gasteiger partial charge in [0.2, 0.25) is 0 Å². The van der Waals surface area contributed by atoms with Crippen LogP contribution in [0.2, 0.25) is 0 Å². The maximum Gasteiger partial charge on any atom is 0.407 e. The number of pyridine rings is 1. The third-order valence-electron chi connectivity index (χ3n) is 6.64. The quantitative estimate of drug-likeness (QED) is 0.249. The summed E-state index contributed by atoms with van der Waals surface area (Å²) < 4.78 is 5.47. The number of aliphatic hydroxyl groups excluding tert-OH is 1. The molecule has 42 heavy (non-hydrogen) atoms. The van der Waals surface area contributed by atoms with Crippen molar-refractivity contribution in [1.29, 1.82) is 0 Å². The van der Waals surface area contributed by atoms with Crippen LogP contribution in [0, 0.1) is 5.41 Å². The molecule has 9 heteroatoms. The number of benzene rings is 2. The smallest absolute Gasteiger partial charge is 0.407 e. The van der Waals surface area contributed by atoms with Crippen molar-refractivity contribution >= 4 is 12.0 Å². The molecule has 226 valence electrons. The van der Waals surface area contributed by atoms with Crippen molar-refractivity contribution in [2.45, 2.75) is 78.3 Å². The highest BCUT2D eigenvalue weighted by Gasteiger charge is 2.31. The van der Waals surface area contributed by atoms with Crippen molar-refractivity contribution in [2.75, 3.05) is 6.54 Å². The molecule has 5 N–H and O–H groups in total. The Hall–Kier alpha value is -3.79. The first-order valence-electron chi connectivity index (χ1n) is 14.2. The van der Waals surface area contributed by atoms with Crippen LogP contribution >= 0.6 is 0 Å². The van der Waals surface area contributed by atoms with E-state index in [2.05, 4.69) is 15.7 Å². The Morgan fingerprint density at radius 1 is 0.929 bits per heavy atom. The molecule has 0 aliphatic carbocycles. The van der Waals surface area contributed by atoms with Crippen LogP contribution in [0.5, 0.6) is 0 Å². The number of nitrogens with two attached hydrogens (primary N) is 1. The van der Waals surface area contributed by atoms with Crippen LogP contribution in [0.4, 0.5) is 4.79 Å². The van der Waals surface area contributed by atoms with Gasteiger partial charge in [0.25, 0.3) is 5.91 Å². The number of hydrogen-bond donors (Lipinski definition) is 4. The number of carbonyl (C=O) groups is 2. The summed E-state index contributed by atoms with van der Waals surface area (Å²) in [6, 6.07) is 21.7. The molecule has 0 radical (unpaired) electrons. The molecule has 3 rings (SSSR count). The van der Waals surface area contributed by atoms with Crippen LogP contribution < -0.4 is 16.5 Å². The molecule has 1 aromatic heterocycles. The summed E-state index contributed by atoms with van der Waals surface area (Å²) in [7, 11) is 0. The number of hydrogen-bond acceptors (Lipinski definition) is 7. The summed E-state index contributed by atoms with van der Waals surface area (Å²) in [5.74, 6) is -0.362. The van der Waals surface area contributed by atoms with E-state index in [1.165, 1.54) is 0 Å². The number of hydrazine groups is 1. The molecule has 1 heterocycles. The second-order valence-electron chi connectivity index (χ2n) is 12.6. The number of carbonyl (C=O) groups excluding carboxylic acids is 2. The van der Waals surface area contributed by atoms with E-state index in [4.69, 9.17) is 10.5 Å². The van der Waals surface area contributed by atoms with Gasteiger partial charge in [-0.05, 0) is 55.9 Å². The van der Waals surface area contributed by atoms with Gasteiger partial charge < -0.3 is 20.9 Å². The second kappa shape index (κ2) is 14.4. The number of ether oxygens (including phenoxy) is 1. The molecule has 0 bridgehead atoms. The molecule has 9 nitrogen and oxygen atoms in total. The van der Waals surface area contributed by atoms with Crippen molar-refractivity contribution in [3.63, 3.8) is 0 Å². The summed E-state index contributed by atoms with van der Waals surface area (Å²) >= 11 is 0. The van der Waals surface area contributed by atoms with E-state index >= 15 is 0 Å². The van der Waals surface area contributed by atoms with Gasteiger partial charge in [-0.3, -0.25) is 15.2 Å². The third kappa shape index (κ3) is 10.6. The highest BCUT2D eigenvalue weighted by atomic mass is 16.6. The number of nitrogens with zero attached hydrogens (tertiary/aromatic N) is 2. The predicted molar refractivity (Wildman–Crippen MR) is 165 cm³/mol. The van der Waals surface area contributed by atoms with Crippen molar-refractivity contribution in [3.05, 3.63) is 90.1 Å². The number of aromatic nitrogens is 1. The maximum absolute atomic E-state index is 13.1. The maximum atomic E-state index is 13.1. The van der Waals surface area contributed by atoms with Crippen molar-refractivity contribution < 1.29 is 19.4 Å². The van der Waals surface area contributed by atoms with Crippen LogP contribution in [-0.4, -0.2) is 57.4 Å². The lowest BCUT2D eigenvalue weighted by Crippen LogP contribution is -2.57. The minimum atomic E-state index is -1.06. The minimum Gasteiger partial charge on any atom is -0.444 e. The van der Waals surface area contributed by atoms with Crippen molar-refractivity contribution in [3.8, 4) is 11.3 Å². The Labute approximate surface area is 249 Å². The van der Waals surface area contributed by atoms with Gasteiger partial charge >= 0.3 is 6.09 Å². The molecule has 3 atom stereocenters. The van der Waals surface area contributed by atoms with E-state index in [9.17, 15) is 14.7 Å². The largest absolute Gasteiger partial charge is 0.444 e. The van der Waals surface area contributed by atoms with Crippen LogP contribution in [0.1, 0.15) is 52.7 Å². The molecular weight excluding hydrogens is 530 g/mol. The molecule has 3 unspecified atom stereocenters. The second-order valence-corrected chi connectivity index (χ2v) is 12.6. The Morgan fingerprint density at radius 3 is 2.14 bits per heavy atom. The Balaban J connectivity index is 1.83. The molecule has 0 aliphatic heterocycles. The normalized spacial score (nSPS) is 14.1. The van der Waals surface area contributed by atoms with E-state index in [1.54, 1.807) is 32.0 Å². The molecule has 0 saturated carbocycles. The molecule has 2 amide bonds. The van der Waals surface area contributed by atoms with E-state index in [1.807, 2.05) is 93.6 Å². The fourth-order valence-corrected chi connectivity index (χ4v) is 4.27. The molecule has 0 saturated heterocycles. The number of nitrogens with one attached hydrogen (secondary N) is 2. The van der Waals surface area contributed by atoms with Gasteiger partial charge in [-0.15, -0.1) is 0 Å². The SMILES string of the molecule is CC(C)(C)OC(=O)NC(Cc1ccccc1)C(O)CN(Cc1ccc(-c2ccccn2)cc1)NC(=O)C(N)C(C)(C)C. The zero-order chi connectivity index (χ0) is 30.9. The first-order chi connectivity index (χ1) is 19.7. The highest BCUT2D eigenvalue weighted by molar-refractivity contribution is 5.81. The van der Waals surface area contributed by atoms with Gasteiger partial charge in [0, 0.05) is 24.8 Å². The molecule has 0 spiro atoms. The van der Waals surface area contributed by atoms with Crippen LogP contribution in [0.3, 0.4) is 0 Å². The van der Waals surface area contributed by atoms with E-state index in [-0.39, 0.29) is 12.5 Å². The monoisotopic (exact) mass is 575 g/mol. The van der Waals surface area contributed by atoms with Gasteiger partial charge in [0.05, 0.1) is 23.9 Å². The van der Waals surface area contributed by atoms with Crippen LogP contribution in [0.15, 0.2) is 79.0 Å². The molecule has 0 aliphatic rings. The lowest BCUT2D eigenvalue weighted by molar-refractivity contribution is -0.130. The number of amides is 2. The zero-order valence-electron chi connectivity index (χ0n) is 25.5. The summed E-state index contributed by atoms with van der Waals surface area (Å²) in [5, 5.41) is 15.9. The van der Waals surface area contributed by atoms with Crippen molar-refractivity contribution in [2.24, 2.45) is 11.1 Å². The van der Waals surface area contributed by atoms with Gasteiger partial charge in [0.15, 0.2) is 0 Å². The first kappa shape index (κ1) is 32.7. The van der Waals surface area contributed by atoms with Crippen LogP contribution in [-0.2, 0) is 22.5 Å². The lowest BCUT2D eigenvalue weighted by Gasteiger charge is -2.33. The standard InChI is InChI=1S/C33H45N5O4/c1-32(2,3)29(34)30(40)37-38(21-24-15-17-25(18-16-24)26-14-10-11-19-35-26)22-28(39)27(20-23-12-8-7-9-13-23)36-31(41)42-33(4,5)6/h7-19,27-29,39H,20-22,34H2,1-6H3,(H,36,41)(H,37,40). The Kier molecular flexibility index (Phi) is 11.2. The van der Waals surface area contributed by atoms with Crippen molar-refractivity contribution in [1.82, 2.24) is 20.7 Å². The first-order valence-corrected chi connectivity index (χ1v) is 14.2. The molecular formula is C33H45N5O4. The fourth-order valence-electron chi connectivity index (χ4n) is 4.27. The molecule has 3 aromatic rings. The van der Waals surface area contributed by atoms with E-state index in [0.29, 0.717) is 13.0 Å². The van der Waals surface area contributed by atoms with Crippen LogP contribution in [0.25, 0.3) is 11.3 Å². The minimum absolute atomic E-state index is 0.0257. The molecule has 0 fully saturated rings. The lowest BCUT2D eigenvalue weighted by atomic mass is 9.87. The highest BCUT2D eigenvalue weighted by Crippen LogP contribution is 2.20. The molecule has 2 aromatic carbocycles. The van der Waals surface area contributed by atoms with E-state index in [0.717, 1.165) is 22.4 Å². The van der Waals surface area contributed by atoms with Gasteiger partial charge in [-0.2, -0.15) is 0 Å². The van der Waals surface area contributed by atoms with E-state index < -0.39 is 35.3 Å². The number of aliphatic hydroxyl groups is 1. The third-order valence-corrected chi connectivity index (χ3v) is 6.64. The topological polar surface area (TPSA) is 130 Å². The summed E-state index contributed by atoms with van der Waals surface area (Å²) in [5.41, 5.74) is 11.7. The summed E-state index contributed by atoms with van der Waals surface area (Å²) in [6.45, 7) is 11.4. The van der Waals surface area contributed by atoms with Gasteiger partial charge in [-0.25, -0.2) is 9.80 Å². The Morgan fingerprint density at radius 2 is 1.57 bits per heavy atom. The zero-order valence-corrected chi connectivity index (χ0v) is 25.5. The summed E-state index contributed by atoms with van der Waals surface area (Å²) in [4.78, 5) is 30.3. The Bertz CT molecular complexity index is 1270. The van der Waals surface area contributed by atoms with Gasteiger partial charge in [-0.1, -0.05) is 81.4 Å². The average molecular weight is 576 g/mol. The average Bonchev–Trinajstić information content (AvgIpc) is 2.92. The number of alkyl carbamates (subject to hydrolysis) is 1. The number of rotatable bonds is 11. The summed E-state index contributed by atoms with van der Waals surface area (Å²) in [6.07, 6.45) is 0.426. The predicted octanol–water partition coefficient (Wildman–Crippen LogP) is 4.45. The van der Waals surface area contributed by atoms with Gasteiger partial charge in [0.1, 0.15) is 5.60 Å². The fraction of sp³-hybridized carbons (Fsp3) is 0.424.